The minimum absolute atomic E-state index is 0.0637. The molecule has 0 N–H and O–H groups in total. The van der Waals surface area contributed by atoms with E-state index in [4.69, 9.17) is 0 Å². The lowest BCUT2D eigenvalue weighted by Gasteiger charge is -2.54. The first-order valence-corrected chi connectivity index (χ1v) is 11.2. The van der Waals surface area contributed by atoms with Crippen LogP contribution < -0.4 is 4.90 Å². The molecule has 0 spiro atoms. The first-order chi connectivity index (χ1) is 15.9. The average Bonchev–Trinajstić information content (AvgIpc) is 3.10. The van der Waals surface area contributed by atoms with Crippen molar-refractivity contribution in [3.05, 3.63) is 105 Å². The number of aryl methyl sites for hydroxylation is 1. The minimum atomic E-state index is -0.645. The van der Waals surface area contributed by atoms with Crippen molar-refractivity contribution in [2.24, 2.45) is 11.8 Å². The Morgan fingerprint density at radius 3 is 2.12 bits per heavy atom. The van der Waals surface area contributed by atoms with Crippen LogP contribution >= 0.6 is 0 Å². The first kappa shape index (κ1) is 19.9. The van der Waals surface area contributed by atoms with Crippen molar-refractivity contribution < 1.29 is 14.5 Å². The van der Waals surface area contributed by atoms with Gasteiger partial charge in [0.2, 0.25) is 11.8 Å². The molecule has 0 saturated carbocycles. The Morgan fingerprint density at radius 2 is 1.55 bits per heavy atom. The summed E-state index contributed by atoms with van der Waals surface area (Å²) in [7, 11) is 0. The summed E-state index contributed by atoms with van der Waals surface area (Å²) in [5, 5.41) is 11.8. The van der Waals surface area contributed by atoms with Gasteiger partial charge in [0, 0.05) is 17.4 Å². The van der Waals surface area contributed by atoms with Gasteiger partial charge in [-0.2, -0.15) is 0 Å². The van der Waals surface area contributed by atoms with Crippen molar-refractivity contribution in [1.82, 2.24) is 0 Å². The largest absolute Gasteiger partial charge is 0.293 e. The van der Waals surface area contributed by atoms with Crippen LogP contribution in [0.1, 0.15) is 47.1 Å². The zero-order valence-corrected chi connectivity index (χ0v) is 18.3. The van der Waals surface area contributed by atoms with Crippen LogP contribution in [-0.2, 0) is 15.0 Å². The summed E-state index contributed by atoms with van der Waals surface area (Å²) in [6.07, 6.45) is 0.651. The van der Waals surface area contributed by atoms with E-state index in [1.165, 1.54) is 12.1 Å². The third-order valence-corrected chi connectivity index (χ3v) is 7.92. The van der Waals surface area contributed by atoms with Gasteiger partial charge in [-0.25, -0.2) is 4.90 Å². The minimum Gasteiger partial charge on any atom is -0.274 e. The number of benzene rings is 3. The SMILES string of the molecule is CCC12c3ccccc3C(c3ccccc31)[C@H]1C(=O)N(c3ccc(C)cc3[N+](=O)[O-])C(=O)[C@H]12. The lowest BCUT2D eigenvalue weighted by Crippen LogP contribution is -2.53. The van der Waals surface area contributed by atoms with Crippen LogP contribution in [0.15, 0.2) is 66.7 Å². The number of nitro benzene ring substituents is 1. The molecule has 3 aromatic rings. The predicted molar refractivity (Wildman–Crippen MR) is 123 cm³/mol. The molecule has 0 unspecified atom stereocenters. The molecule has 2 amide bonds. The van der Waals surface area contributed by atoms with Crippen LogP contribution in [0.25, 0.3) is 0 Å². The Kier molecular flexibility index (Phi) is 3.97. The summed E-state index contributed by atoms with van der Waals surface area (Å²) in [6, 6.07) is 20.9. The molecule has 4 aliphatic rings. The Bertz CT molecular complexity index is 1330. The van der Waals surface area contributed by atoms with Crippen molar-refractivity contribution in [3.8, 4) is 0 Å². The van der Waals surface area contributed by atoms with Gasteiger partial charge < -0.3 is 0 Å². The molecule has 7 rings (SSSR count). The molecule has 0 radical (unpaired) electrons. The molecule has 164 valence electrons. The number of carbonyl (C=O) groups excluding carboxylic acids is 2. The second kappa shape index (κ2) is 6.61. The molecule has 1 heterocycles. The highest BCUT2D eigenvalue weighted by Crippen LogP contribution is 2.65. The van der Waals surface area contributed by atoms with Gasteiger partial charge in [0.05, 0.1) is 16.8 Å². The standard InChI is InChI=1S/C27H22N2O4/c1-3-27-18-10-6-4-8-16(18)22(17-9-5-7-11-19(17)27)23-24(27)26(31)28(25(23)30)20-13-12-15(2)14-21(20)29(32)33/h4-14,22-24H,3H2,1-2H3/t22?,23-,24+,27?/m1/s1. The van der Waals surface area contributed by atoms with Gasteiger partial charge in [-0.05, 0) is 47.2 Å². The Labute approximate surface area is 191 Å². The van der Waals surface area contributed by atoms with E-state index in [1.807, 2.05) is 24.3 Å². The Hall–Kier alpha value is -3.80. The maximum absolute atomic E-state index is 14.1. The average molecular weight is 438 g/mol. The van der Waals surface area contributed by atoms with E-state index in [2.05, 4.69) is 31.2 Å². The van der Waals surface area contributed by atoms with Crippen LogP contribution in [0.5, 0.6) is 0 Å². The number of nitro groups is 1. The number of amides is 2. The van der Waals surface area contributed by atoms with Crippen LogP contribution in [-0.4, -0.2) is 16.7 Å². The molecule has 2 bridgehead atoms. The van der Waals surface area contributed by atoms with Gasteiger partial charge in [-0.15, -0.1) is 0 Å². The van der Waals surface area contributed by atoms with Gasteiger partial charge in [-0.1, -0.05) is 61.5 Å². The number of imide groups is 1. The molecule has 3 aliphatic carbocycles. The summed E-state index contributed by atoms with van der Waals surface area (Å²) in [4.78, 5) is 40.4. The van der Waals surface area contributed by atoms with E-state index >= 15 is 0 Å². The van der Waals surface area contributed by atoms with E-state index < -0.39 is 22.2 Å². The second-order valence-corrected chi connectivity index (χ2v) is 9.24. The molecule has 2 atom stereocenters. The van der Waals surface area contributed by atoms with E-state index in [9.17, 15) is 19.7 Å². The van der Waals surface area contributed by atoms with Gasteiger partial charge in [0.15, 0.2) is 0 Å². The van der Waals surface area contributed by atoms with E-state index in [-0.39, 0.29) is 29.1 Å². The van der Waals surface area contributed by atoms with Gasteiger partial charge in [0.1, 0.15) is 5.69 Å². The van der Waals surface area contributed by atoms with Crippen LogP contribution in [0.3, 0.4) is 0 Å². The quantitative estimate of drug-likeness (QED) is 0.332. The highest BCUT2D eigenvalue weighted by atomic mass is 16.6. The zero-order valence-electron chi connectivity index (χ0n) is 18.3. The van der Waals surface area contributed by atoms with Crippen molar-refractivity contribution in [2.45, 2.75) is 31.6 Å². The summed E-state index contributed by atoms with van der Waals surface area (Å²) in [5.74, 6) is -2.10. The van der Waals surface area contributed by atoms with Crippen molar-refractivity contribution in [2.75, 3.05) is 4.90 Å². The molecule has 3 aromatic carbocycles. The number of hydrogen-bond donors (Lipinski definition) is 0. The Morgan fingerprint density at radius 1 is 0.939 bits per heavy atom. The fourth-order valence-electron chi connectivity index (χ4n) is 6.74. The molecular weight excluding hydrogens is 416 g/mol. The van der Waals surface area contributed by atoms with Crippen LogP contribution in [0, 0.1) is 28.9 Å². The second-order valence-electron chi connectivity index (χ2n) is 9.24. The number of carbonyl (C=O) groups is 2. The maximum atomic E-state index is 14.1. The third kappa shape index (κ3) is 2.28. The predicted octanol–water partition coefficient (Wildman–Crippen LogP) is 4.86. The van der Waals surface area contributed by atoms with E-state index in [0.717, 1.165) is 27.2 Å². The number of hydrogen-bond acceptors (Lipinski definition) is 4. The number of rotatable bonds is 3. The highest BCUT2D eigenvalue weighted by molar-refractivity contribution is 6.24. The summed E-state index contributed by atoms with van der Waals surface area (Å²) < 4.78 is 0. The highest BCUT2D eigenvalue weighted by Gasteiger charge is 2.67. The van der Waals surface area contributed by atoms with Crippen molar-refractivity contribution in [3.63, 3.8) is 0 Å². The van der Waals surface area contributed by atoms with Gasteiger partial charge >= 0.3 is 0 Å². The zero-order chi connectivity index (χ0) is 23.1. The smallest absolute Gasteiger partial charge is 0.274 e. The molecule has 0 aromatic heterocycles. The fourth-order valence-corrected chi connectivity index (χ4v) is 6.74. The monoisotopic (exact) mass is 438 g/mol. The van der Waals surface area contributed by atoms with E-state index in [1.54, 1.807) is 13.0 Å². The van der Waals surface area contributed by atoms with Crippen LogP contribution in [0.2, 0.25) is 0 Å². The fraction of sp³-hybridized carbons (Fsp3) is 0.259. The molecular formula is C27H22N2O4. The van der Waals surface area contributed by atoms with Gasteiger partial charge in [-0.3, -0.25) is 19.7 Å². The molecule has 1 fully saturated rings. The van der Waals surface area contributed by atoms with Crippen molar-refractivity contribution in [1.29, 1.82) is 0 Å². The normalized spacial score (nSPS) is 26.7. The third-order valence-electron chi connectivity index (χ3n) is 7.92. The lowest BCUT2D eigenvalue weighted by atomic mass is 9.46. The summed E-state index contributed by atoms with van der Waals surface area (Å²) in [6.45, 7) is 3.81. The molecule has 33 heavy (non-hydrogen) atoms. The molecule has 1 aliphatic heterocycles. The Balaban J connectivity index is 1.63. The number of nitrogens with zero attached hydrogens (tertiary/aromatic N) is 2. The topological polar surface area (TPSA) is 80.5 Å². The maximum Gasteiger partial charge on any atom is 0.293 e. The molecule has 6 heteroatoms. The molecule has 6 nitrogen and oxygen atoms in total. The lowest BCUT2D eigenvalue weighted by molar-refractivity contribution is -0.384. The molecule has 1 saturated heterocycles. The summed E-state index contributed by atoms with van der Waals surface area (Å²) >= 11 is 0. The van der Waals surface area contributed by atoms with Crippen LogP contribution in [0.4, 0.5) is 11.4 Å². The number of anilines is 1. The van der Waals surface area contributed by atoms with Gasteiger partial charge in [0.25, 0.3) is 5.69 Å². The van der Waals surface area contributed by atoms with Crippen molar-refractivity contribution >= 4 is 23.2 Å². The first-order valence-electron chi connectivity index (χ1n) is 11.2. The summed E-state index contributed by atoms with van der Waals surface area (Å²) in [5.41, 5.74) is 4.26. The van der Waals surface area contributed by atoms with E-state index in [0.29, 0.717) is 12.0 Å².